The number of alkyl halides is 1. The summed E-state index contributed by atoms with van der Waals surface area (Å²) >= 11 is 0. The number of hydrazine groups is 1. The van der Waals surface area contributed by atoms with E-state index in [-0.39, 0.29) is 17.7 Å². The number of carbonyl (C=O) groups is 2. The number of aryl methyl sites for hydroxylation is 1. The van der Waals surface area contributed by atoms with Crippen molar-refractivity contribution >= 4 is 17.5 Å². The summed E-state index contributed by atoms with van der Waals surface area (Å²) in [6, 6.07) is 3.96. The molecular formula is C12H12FN3O4. The van der Waals surface area contributed by atoms with Crippen LogP contribution in [0.4, 0.5) is 10.1 Å². The van der Waals surface area contributed by atoms with Crippen molar-refractivity contribution in [3.05, 3.63) is 39.4 Å². The van der Waals surface area contributed by atoms with Gasteiger partial charge in [-0.3, -0.25) is 30.6 Å². The van der Waals surface area contributed by atoms with Gasteiger partial charge in [-0.25, -0.2) is 4.39 Å². The molecule has 0 aliphatic heterocycles. The summed E-state index contributed by atoms with van der Waals surface area (Å²) in [6.07, 6.45) is -1.01. The minimum atomic E-state index is -1.16. The molecule has 0 saturated heterocycles. The molecule has 0 aromatic heterocycles. The normalized spacial score (nSPS) is 20.1. The van der Waals surface area contributed by atoms with E-state index >= 15 is 0 Å². The van der Waals surface area contributed by atoms with Crippen molar-refractivity contribution in [1.29, 1.82) is 0 Å². The number of hydrogen-bond acceptors (Lipinski definition) is 4. The van der Waals surface area contributed by atoms with Crippen molar-refractivity contribution < 1.29 is 18.9 Å². The fourth-order valence-electron chi connectivity index (χ4n) is 1.67. The van der Waals surface area contributed by atoms with Gasteiger partial charge in [0, 0.05) is 17.2 Å². The summed E-state index contributed by atoms with van der Waals surface area (Å²) < 4.78 is 12.6. The third kappa shape index (κ3) is 2.90. The number of nitro groups is 1. The molecule has 106 valence electrons. The Morgan fingerprint density at radius 3 is 2.60 bits per heavy atom. The second kappa shape index (κ2) is 5.24. The standard InChI is InChI=1S/C12H12FN3O4/c1-6-2-3-7(4-10(6)16(19)20)11(17)14-15-12(18)8-5-9(8)13/h2-4,8-9H,5H2,1H3,(H,14,17)(H,15,18)/t8-,9-/m0/s1. The lowest BCUT2D eigenvalue weighted by Crippen LogP contribution is -2.42. The molecule has 0 unspecified atom stereocenters. The molecule has 0 bridgehead atoms. The van der Waals surface area contributed by atoms with Crippen LogP contribution in [0.15, 0.2) is 18.2 Å². The highest BCUT2D eigenvalue weighted by Gasteiger charge is 2.43. The highest BCUT2D eigenvalue weighted by atomic mass is 19.1. The Hall–Kier alpha value is -2.51. The number of amides is 2. The van der Waals surface area contributed by atoms with Gasteiger partial charge in [0.05, 0.1) is 10.8 Å². The minimum absolute atomic E-state index is 0.0372. The molecule has 1 aliphatic carbocycles. The molecule has 1 aromatic carbocycles. The Bertz CT molecular complexity index is 590. The SMILES string of the molecule is Cc1ccc(C(=O)NNC(=O)[C@H]2C[C@@H]2F)cc1[N+](=O)[O-]. The molecule has 1 saturated carbocycles. The molecule has 20 heavy (non-hydrogen) atoms. The van der Waals surface area contributed by atoms with Crippen LogP contribution in [0.5, 0.6) is 0 Å². The van der Waals surface area contributed by atoms with E-state index in [0.29, 0.717) is 5.56 Å². The number of benzene rings is 1. The summed E-state index contributed by atoms with van der Waals surface area (Å²) in [6.45, 7) is 1.55. The molecule has 2 atom stereocenters. The molecule has 8 heteroatoms. The van der Waals surface area contributed by atoms with E-state index in [1.165, 1.54) is 12.1 Å². The van der Waals surface area contributed by atoms with Crippen LogP contribution >= 0.6 is 0 Å². The van der Waals surface area contributed by atoms with E-state index in [1.807, 2.05) is 0 Å². The van der Waals surface area contributed by atoms with Crippen LogP contribution in [0.3, 0.4) is 0 Å². The van der Waals surface area contributed by atoms with Crippen molar-refractivity contribution in [3.8, 4) is 0 Å². The molecule has 7 nitrogen and oxygen atoms in total. The summed E-state index contributed by atoms with van der Waals surface area (Å²) in [5.74, 6) is -2.02. The minimum Gasteiger partial charge on any atom is -0.273 e. The summed E-state index contributed by atoms with van der Waals surface area (Å²) in [5, 5.41) is 10.8. The number of hydrogen-bond donors (Lipinski definition) is 2. The highest BCUT2D eigenvalue weighted by Crippen LogP contribution is 2.33. The fraction of sp³-hybridized carbons (Fsp3) is 0.333. The Balaban J connectivity index is 2.00. The number of rotatable bonds is 3. The van der Waals surface area contributed by atoms with E-state index in [0.717, 1.165) is 6.07 Å². The van der Waals surface area contributed by atoms with Gasteiger partial charge in [0.25, 0.3) is 11.6 Å². The maximum Gasteiger partial charge on any atom is 0.273 e. The van der Waals surface area contributed by atoms with Crippen LogP contribution in [0.1, 0.15) is 22.3 Å². The third-order valence-electron chi connectivity index (χ3n) is 3.02. The lowest BCUT2D eigenvalue weighted by atomic mass is 10.1. The van der Waals surface area contributed by atoms with Crippen LogP contribution in [0.25, 0.3) is 0 Å². The van der Waals surface area contributed by atoms with Gasteiger partial charge in [-0.15, -0.1) is 0 Å². The predicted molar refractivity (Wildman–Crippen MR) is 66.4 cm³/mol. The first-order valence-corrected chi connectivity index (χ1v) is 5.89. The molecule has 2 rings (SSSR count). The van der Waals surface area contributed by atoms with Gasteiger partial charge in [0.2, 0.25) is 5.91 Å². The predicted octanol–water partition coefficient (Wildman–Crippen LogP) is 1.02. The van der Waals surface area contributed by atoms with Crippen molar-refractivity contribution in [3.63, 3.8) is 0 Å². The molecule has 0 heterocycles. The van der Waals surface area contributed by atoms with E-state index < -0.39 is 28.8 Å². The largest absolute Gasteiger partial charge is 0.273 e. The first-order chi connectivity index (χ1) is 9.40. The van der Waals surface area contributed by atoms with Gasteiger partial charge in [-0.05, 0) is 19.4 Å². The number of nitro benzene ring substituents is 1. The first kappa shape index (κ1) is 13.9. The third-order valence-corrected chi connectivity index (χ3v) is 3.02. The number of halogens is 1. The Morgan fingerprint density at radius 2 is 2.05 bits per heavy atom. The monoisotopic (exact) mass is 281 g/mol. The van der Waals surface area contributed by atoms with Crippen LogP contribution in [0.2, 0.25) is 0 Å². The molecule has 2 amide bonds. The topological polar surface area (TPSA) is 101 Å². The van der Waals surface area contributed by atoms with Gasteiger partial charge < -0.3 is 0 Å². The lowest BCUT2D eigenvalue weighted by Gasteiger charge is -2.07. The maximum atomic E-state index is 12.6. The molecule has 0 radical (unpaired) electrons. The Labute approximate surface area is 113 Å². The van der Waals surface area contributed by atoms with E-state index in [4.69, 9.17) is 0 Å². The van der Waals surface area contributed by atoms with Gasteiger partial charge in [-0.1, -0.05) is 6.07 Å². The summed E-state index contributed by atoms with van der Waals surface area (Å²) in [5.41, 5.74) is 4.46. The van der Waals surface area contributed by atoms with Crippen molar-refractivity contribution in [2.75, 3.05) is 0 Å². The second-order valence-electron chi connectivity index (χ2n) is 4.56. The lowest BCUT2D eigenvalue weighted by molar-refractivity contribution is -0.385. The number of carbonyl (C=O) groups excluding carboxylic acids is 2. The zero-order chi connectivity index (χ0) is 14.9. The first-order valence-electron chi connectivity index (χ1n) is 5.89. The second-order valence-corrected chi connectivity index (χ2v) is 4.56. The molecule has 1 aromatic rings. The number of nitrogens with one attached hydrogen (secondary N) is 2. The Morgan fingerprint density at radius 1 is 1.40 bits per heavy atom. The smallest absolute Gasteiger partial charge is 0.273 e. The van der Waals surface area contributed by atoms with Crippen molar-refractivity contribution in [1.82, 2.24) is 10.9 Å². The van der Waals surface area contributed by atoms with Gasteiger partial charge in [0.15, 0.2) is 0 Å². The van der Waals surface area contributed by atoms with Gasteiger partial charge in [0.1, 0.15) is 6.17 Å². The van der Waals surface area contributed by atoms with Crippen molar-refractivity contribution in [2.45, 2.75) is 19.5 Å². The van der Waals surface area contributed by atoms with Crippen LogP contribution in [-0.4, -0.2) is 22.9 Å². The van der Waals surface area contributed by atoms with Crippen LogP contribution in [0, 0.1) is 23.0 Å². The van der Waals surface area contributed by atoms with Gasteiger partial charge in [-0.2, -0.15) is 0 Å². The zero-order valence-electron chi connectivity index (χ0n) is 10.6. The van der Waals surface area contributed by atoms with E-state index in [9.17, 15) is 24.1 Å². The summed E-state index contributed by atoms with van der Waals surface area (Å²) in [7, 11) is 0. The molecule has 1 aliphatic rings. The van der Waals surface area contributed by atoms with E-state index in [1.54, 1.807) is 6.92 Å². The Kier molecular flexibility index (Phi) is 3.64. The highest BCUT2D eigenvalue weighted by molar-refractivity contribution is 5.96. The molecular weight excluding hydrogens is 269 g/mol. The number of nitrogens with zero attached hydrogens (tertiary/aromatic N) is 1. The molecule has 2 N–H and O–H groups in total. The van der Waals surface area contributed by atoms with Crippen molar-refractivity contribution in [2.24, 2.45) is 5.92 Å². The average Bonchev–Trinajstić information content (AvgIpc) is 3.13. The fourth-order valence-corrected chi connectivity index (χ4v) is 1.67. The van der Waals surface area contributed by atoms with Gasteiger partial charge >= 0.3 is 0 Å². The van der Waals surface area contributed by atoms with E-state index in [2.05, 4.69) is 10.9 Å². The molecule has 1 fully saturated rings. The average molecular weight is 281 g/mol. The van der Waals surface area contributed by atoms with Crippen LogP contribution < -0.4 is 10.9 Å². The zero-order valence-corrected chi connectivity index (χ0v) is 10.6. The molecule has 0 spiro atoms. The van der Waals surface area contributed by atoms with Crippen LogP contribution in [-0.2, 0) is 4.79 Å². The quantitative estimate of drug-likeness (QED) is 0.638. The maximum absolute atomic E-state index is 12.6. The summed E-state index contributed by atoms with van der Waals surface area (Å²) in [4.78, 5) is 33.2.